The predicted octanol–water partition coefficient (Wildman–Crippen LogP) is 5.20. The molecule has 1 aromatic heterocycles. The molecule has 0 saturated carbocycles. The Morgan fingerprint density at radius 3 is 2.59 bits per heavy atom. The number of carbonyl (C=O) groups is 1. The van der Waals surface area contributed by atoms with E-state index in [9.17, 15) is 14.3 Å². The van der Waals surface area contributed by atoms with Crippen molar-refractivity contribution in [3.63, 3.8) is 0 Å². The molecule has 0 bridgehead atoms. The van der Waals surface area contributed by atoms with Gasteiger partial charge in [-0.25, -0.2) is 9.18 Å². The second kappa shape index (κ2) is 7.28. The molecule has 8 heteroatoms. The van der Waals surface area contributed by atoms with Gasteiger partial charge in [0, 0.05) is 5.56 Å². The number of methoxy groups -OCH3 is 1. The van der Waals surface area contributed by atoms with E-state index < -0.39 is 11.8 Å². The lowest BCUT2D eigenvalue weighted by molar-refractivity contribution is 0.0697. The zero-order chi connectivity index (χ0) is 19.7. The summed E-state index contributed by atoms with van der Waals surface area (Å²) in [7, 11) is 1.43. The Morgan fingerprint density at radius 2 is 2.04 bits per heavy atom. The van der Waals surface area contributed by atoms with E-state index in [-0.39, 0.29) is 22.0 Å². The van der Waals surface area contributed by atoms with Crippen LogP contribution in [0, 0.1) is 19.7 Å². The molecule has 0 fully saturated rings. The van der Waals surface area contributed by atoms with Crippen molar-refractivity contribution in [1.29, 1.82) is 0 Å². The number of carboxylic acid groups (broad SMARTS) is 1. The molecule has 6 nitrogen and oxygen atoms in total. The maximum atomic E-state index is 14.8. The zero-order valence-corrected chi connectivity index (χ0v) is 15.5. The van der Waals surface area contributed by atoms with E-state index in [1.54, 1.807) is 26.0 Å². The molecule has 3 aromatic rings. The lowest BCUT2D eigenvalue weighted by atomic mass is 10.0. The lowest BCUT2D eigenvalue weighted by Crippen LogP contribution is -2.05. The van der Waals surface area contributed by atoms with Gasteiger partial charge in [0.05, 0.1) is 34.8 Å². The molecule has 0 aliphatic heterocycles. The fourth-order valence-corrected chi connectivity index (χ4v) is 3.06. The number of hydrogen-bond donors (Lipinski definition) is 2. The Hall–Kier alpha value is -3.06. The monoisotopic (exact) mass is 390 g/mol. The summed E-state index contributed by atoms with van der Waals surface area (Å²) in [5, 5.41) is 16.1. The molecular weight excluding hydrogens is 375 g/mol. The van der Waals surface area contributed by atoms with Crippen LogP contribution in [0.2, 0.25) is 5.02 Å². The largest absolute Gasteiger partial charge is 0.497 e. The van der Waals surface area contributed by atoms with Gasteiger partial charge in [0.1, 0.15) is 17.3 Å². The number of halogens is 2. The molecule has 0 atom stereocenters. The summed E-state index contributed by atoms with van der Waals surface area (Å²) in [6.45, 7) is 3.48. The molecule has 3 rings (SSSR count). The Bertz CT molecular complexity index is 990. The molecule has 0 aliphatic rings. The maximum Gasteiger partial charge on any atom is 0.337 e. The van der Waals surface area contributed by atoms with Crippen LogP contribution in [0.4, 0.5) is 15.8 Å². The number of aromatic carboxylic acids is 1. The third-order valence-corrected chi connectivity index (χ3v) is 4.38. The van der Waals surface area contributed by atoms with E-state index in [2.05, 4.69) is 10.5 Å². The summed E-state index contributed by atoms with van der Waals surface area (Å²) in [5.74, 6) is -0.893. The second-order valence-electron chi connectivity index (χ2n) is 5.86. The number of nitrogens with one attached hydrogen (secondary N) is 1. The van der Waals surface area contributed by atoms with Crippen LogP contribution in [0.15, 0.2) is 34.9 Å². The number of hydrogen-bond acceptors (Lipinski definition) is 5. The van der Waals surface area contributed by atoms with E-state index >= 15 is 0 Å². The molecule has 140 valence electrons. The number of aryl methyl sites for hydroxylation is 2. The Labute approximate surface area is 159 Å². The van der Waals surface area contributed by atoms with Gasteiger partial charge in [-0.05, 0) is 49.7 Å². The van der Waals surface area contributed by atoms with Crippen LogP contribution in [0.1, 0.15) is 21.8 Å². The van der Waals surface area contributed by atoms with Crippen LogP contribution in [0.3, 0.4) is 0 Å². The van der Waals surface area contributed by atoms with Gasteiger partial charge in [-0.15, -0.1) is 0 Å². The van der Waals surface area contributed by atoms with Crippen molar-refractivity contribution in [2.24, 2.45) is 0 Å². The molecule has 0 aliphatic carbocycles. The molecule has 2 N–H and O–H groups in total. The Morgan fingerprint density at radius 1 is 1.30 bits per heavy atom. The molecule has 27 heavy (non-hydrogen) atoms. The van der Waals surface area contributed by atoms with Crippen LogP contribution in [0.25, 0.3) is 11.1 Å². The van der Waals surface area contributed by atoms with Gasteiger partial charge < -0.3 is 19.7 Å². The minimum Gasteiger partial charge on any atom is -0.497 e. The van der Waals surface area contributed by atoms with Gasteiger partial charge in [-0.1, -0.05) is 16.8 Å². The predicted molar refractivity (Wildman–Crippen MR) is 99.6 cm³/mol. The topological polar surface area (TPSA) is 84.6 Å². The number of ether oxygens (including phenoxy) is 1. The summed E-state index contributed by atoms with van der Waals surface area (Å²) in [6.07, 6.45) is 0. The summed E-state index contributed by atoms with van der Waals surface area (Å²) >= 11 is 6.27. The van der Waals surface area contributed by atoms with Crippen molar-refractivity contribution in [2.45, 2.75) is 13.8 Å². The SMILES string of the molecule is COc1ccc(Nc2c(F)cc(-c3c(C)noc3C)cc2Cl)c(C(=O)O)c1. The van der Waals surface area contributed by atoms with Crippen molar-refractivity contribution in [3.8, 4) is 16.9 Å². The van der Waals surface area contributed by atoms with Gasteiger partial charge in [-0.2, -0.15) is 0 Å². The Kier molecular flexibility index (Phi) is 5.05. The normalized spacial score (nSPS) is 10.7. The first-order valence-corrected chi connectivity index (χ1v) is 8.30. The highest BCUT2D eigenvalue weighted by Crippen LogP contribution is 2.36. The fourth-order valence-electron chi connectivity index (χ4n) is 2.80. The van der Waals surface area contributed by atoms with Crippen LogP contribution in [-0.2, 0) is 0 Å². The molecule has 0 spiro atoms. The smallest absolute Gasteiger partial charge is 0.337 e. The number of aromatic nitrogens is 1. The quantitative estimate of drug-likeness (QED) is 0.622. The van der Waals surface area contributed by atoms with Crippen molar-refractivity contribution in [2.75, 3.05) is 12.4 Å². The second-order valence-corrected chi connectivity index (χ2v) is 6.26. The first-order valence-electron chi connectivity index (χ1n) is 7.92. The molecule has 2 aromatic carbocycles. The maximum absolute atomic E-state index is 14.8. The Balaban J connectivity index is 2.03. The van der Waals surface area contributed by atoms with Crippen molar-refractivity contribution >= 4 is 28.9 Å². The van der Waals surface area contributed by atoms with Gasteiger partial charge in [0.2, 0.25) is 0 Å². The average Bonchev–Trinajstić information content (AvgIpc) is 2.96. The van der Waals surface area contributed by atoms with E-state index in [4.69, 9.17) is 20.9 Å². The molecule has 0 radical (unpaired) electrons. The number of rotatable bonds is 5. The highest BCUT2D eigenvalue weighted by Gasteiger charge is 2.19. The van der Waals surface area contributed by atoms with Crippen molar-refractivity contribution in [3.05, 3.63) is 58.2 Å². The van der Waals surface area contributed by atoms with Crippen LogP contribution in [0.5, 0.6) is 5.75 Å². The van der Waals surface area contributed by atoms with Gasteiger partial charge in [0.15, 0.2) is 0 Å². The molecule has 1 heterocycles. The average molecular weight is 391 g/mol. The summed E-state index contributed by atoms with van der Waals surface area (Å²) in [6, 6.07) is 7.27. The van der Waals surface area contributed by atoms with E-state index in [1.165, 1.54) is 25.3 Å². The molecule has 0 amide bonds. The van der Waals surface area contributed by atoms with Gasteiger partial charge in [-0.3, -0.25) is 0 Å². The molecular formula is C19H16ClFN2O4. The van der Waals surface area contributed by atoms with Crippen molar-refractivity contribution in [1.82, 2.24) is 5.16 Å². The summed E-state index contributed by atoms with van der Waals surface area (Å²) in [5.41, 5.74) is 1.89. The van der Waals surface area contributed by atoms with E-state index in [1.807, 2.05) is 0 Å². The molecule has 0 unspecified atom stereocenters. The highest BCUT2D eigenvalue weighted by molar-refractivity contribution is 6.33. The highest BCUT2D eigenvalue weighted by atomic mass is 35.5. The third-order valence-electron chi connectivity index (χ3n) is 4.08. The van der Waals surface area contributed by atoms with Crippen molar-refractivity contribution < 1.29 is 23.6 Å². The van der Waals surface area contributed by atoms with E-state index in [0.29, 0.717) is 28.3 Å². The molecule has 0 saturated heterocycles. The zero-order valence-electron chi connectivity index (χ0n) is 14.8. The first kappa shape index (κ1) is 18.7. The third kappa shape index (κ3) is 3.59. The fraction of sp³-hybridized carbons (Fsp3) is 0.158. The lowest BCUT2D eigenvalue weighted by Gasteiger charge is -2.14. The van der Waals surface area contributed by atoms with Crippen LogP contribution < -0.4 is 10.1 Å². The van der Waals surface area contributed by atoms with Gasteiger partial charge in [0.25, 0.3) is 0 Å². The van der Waals surface area contributed by atoms with Crippen LogP contribution in [-0.4, -0.2) is 23.3 Å². The number of carboxylic acids is 1. The number of anilines is 2. The number of benzene rings is 2. The summed E-state index contributed by atoms with van der Waals surface area (Å²) in [4.78, 5) is 11.5. The van der Waals surface area contributed by atoms with E-state index in [0.717, 1.165) is 0 Å². The summed E-state index contributed by atoms with van der Waals surface area (Å²) < 4.78 is 24.9. The minimum absolute atomic E-state index is 0.0279. The standard InChI is InChI=1S/C19H16ClFN2O4/c1-9-17(10(2)27-23-9)11-6-14(20)18(15(21)7-11)22-16-5-4-12(26-3)8-13(16)19(24)25/h4-8,22H,1-3H3,(H,24,25). The number of nitrogens with zero attached hydrogens (tertiary/aromatic N) is 1. The van der Waals surface area contributed by atoms with Crippen LogP contribution >= 0.6 is 11.6 Å². The minimum atomic E-state index is -1.18. The van der Waals surface area contributed by atoms with Gasteiger partial charge >= 0.3 is 5.97 Å². The first-order chi connectivity index (χ1) is 12.8.